The second-order valence-corrected chi connectivity index (χ2v) is 10.8. The Kier molecular flexibility index (Phi) is 6.52. The number of hydrogen-bond acceptors (Lipinski definition) is 6. The number of fused-ring (bicyclic) bond motifs is 2. The lowest BCUT2D eigenvalue weighted by atomic mass is 9.74. The maximum Gasteiger partial charge on any atom is 0.256 e. The van der Waals surface area contributed by atoms with Crippen molar-refractivity contribution in [3.05, 3.63) is 66.1 Å². The largest absolute Gasteiger partial charge is 0.361 e. The SMILES string of the molecule is CN1N=C2CCN(C(=O)C(Cc3c[nH]c4ccccc34)NC(=O)C(C)(C)N)CC2(Cc2ccccn2)C1=O. The van der Waals surface area contributed by atoms with Gasteiger partial charge in [0.05, 0.1) is 11.3 Å². The molecule has 0 spiro atoms. The molecule has 0 aliphatic carbocycles. The van der Waals surface area contributed by atoms with Crippen LogP contribution in [0.15, 0.2) is 60.0 Å². The van der Waals surface area contributed by atoms with Crippen LogP contribution in [0.2, 0.25) is 0 Å². The molecule has 2 aliphatic heterocycles. The third-order valence-corrected chi connectivity index (χ3v) is 7.41. The molecule has 10 nitrogen and oxygen atoms in total. The van der Waals surface area contributed by atoms with Gasteiger partial charge in [0.15, 0.2) is 0 Å². The van der Waals surface area contributed by atoms with Gasteiger partial charge >= 0.3 is 0 Å². The van der Waals surface area contributed by atoms with Gasteiger partial charge in [0, 0.05) is 68.4 Å². The number of likely N-dealkylation sites (tertiary alicyclic amines) is 1. The van der Waals surface area contributed by atoms with Crippen molar-refractivity contribution in [1.29, 1.82) is 0 Å². The Morgan fingerprint density at radius 1 is 1.21 bits per heavy atom. The number of nitrogens with two attached hydrogens (primary N) is 1. The zero-order chi connectivity index (χ0) is 27.1. The highest BCUT2D eigenvalue weighted by molar-refractivity contribution is 6.13. The summed E-state index contributed by atoms with van der Waals surface area (Å²) in [5, 5.41) is 9.76. The zero-order valence-electron chi connectivity index (χ0n) is 21.9. The van der Waals surface area contributed by atoms with Crippen molar-refractivity contribution >= 4 is 34.3 Å². The summed E-state index contributed by atoms with van der Waals surface area (Å²) in [5.74, 6) is -0.833. The molecular weight excluding hydrogens is 482 g/mol. The molecule has 10 heteroatoms. The maximum atomic E-state index is 14.1. The Labute approximate surface area is 221 Å². The molecule has 38 heavy (non-hydrogen) atoms. The number of piperidine rings is 1. The summed E-state index contributed by atoms with van der Waals surface area (Å²) in [4.78, 5) is 49.8. The molecule has 2 atom stereocenters. The Morgan fingerprint density at radius 3 is 2.71 bits per heavy atom. The number of carbonyl (C=O) groups excluding carboxylic acids is 3. The standard InChI is InChI=1S/C28H33N7O3/c1-27(2,29)25(37)32-22(14-18-16-31-21-10-5-4-9-20(18)21)24(36)35-13-11-23-28(17-35,26(38)34(3)33-23)15-19-8-6-7-12-30-19/h4-10,12,16,22,31H,11,13-15,17,29H2,1-3H3,(H,32,37). The van der Waals surface area contributed by atoms with E-state index >= 15 is 0 Å². The summed E-state index contributed by atoms with van der Waals surface area (Å²) in [5.41, 5.74) is 7.30. The molecule has 3 aromatic rings. The van der Waals surface area contributed by atoms with Crippen molar-refractivity contribution in [2.45, 2.75) is 44.7 Å². The molecule has 0 bridgehead atoms. The molecule has 1 saturated heterocycles. The number of hydrazone groups is 1. The zero-order valence-corrected chi connectivity index (χ0v) is 21.9. The van der Waals surface area contributed by atoms with Crippen molar-refractivity contribution in [3.8, 4) is 0 Å². The molecule has 0 saturated carbocycles. The number of amides is 3. The first-order valence-electron chi connectivity index (χ1n) is 12.8. The molecule has 4 heterocycles. The van der Waals surface area contributed by atoms with Gasteiger partial charge in [-0.3, -0.25) is 19.4 Å². The van der Waals surface area contributed by atoms with Crippen LogP contribution >= 0.6 is 0 Å². The van der Waals surface area contributed by atoms with Gasteiger partial charge in [0.2, 0.25) is 11.8 Å². The van der Waals surface area contributed by atoms with Gasteiger partial charge in [-0.15, -0.1) is 0 Å². The molecule has 0 radical (unpaired) electrons. The van der Waals surface area contributed by atoms with Gasteiger partial charge in [0.1, 0.15) is 11.5 Å². The summed E-state index contributed by atoms with van der Waals surface area (Å²) in [6, 6.07) is 12.5. The quantitative estimate of drug-likeness (QED) is 0.439. The number of rotatable bonds is 7. The summed E-state index contributed by atoms with van der Waals surface area (Å²) < 4.78 is 0. The minimum absolute atomic E-state index is 0.157. The average Bonchev–Trinajstić information content (AvgIpc) is 3.41. The normalized spacial score (nSPS) is 20.3. The van der Waals surface area contributed by atoms with Gasteiger partial charge in [-0.1, -0.05) is 24.3 Å². The van der Waals surface area contributed by atoms with E-state index < -0.39 is 22.9 Å². The van der Waals surface area contributed by atoms with Crippen LogP contribution in [0.1, 0.15) is 31.5 Å². The van der Waals surface area contributed by atoms with Crippen LogP contribution in [0.3, 0.4) is 0 Å². The van der Waals surface area contributed by atoms with Crippen molar-refractivity contribution in [2.24, 2.45) is 16.3 Å². The highest BCUT2D eigenvalue weighted by Gasteiger charge is 2.54. The first-order chi connectivity index (χ1) is 18.1. The van der Waals surface area contributed by atoms with Crippen LogP contribution in [-0.4, -0.2) is 75.0 Å². The third kappa shape index (κ3) is 4.67. The lowest BCUT2D eigenvalue weighted by molar-refractivity contribution is -0.142. The van der Waals surface area contributed by atoms with E-state index in [9.17, 15) is 14.4 Å². The lowest BCUT2D eigenvalue weighted by Gasteiger charge is -2.40. The second kappa shape index (κ2) is 9.68. The predicted octanol–water partition coefficient (Wildman–Crippen LogP) is 1.62. The van der Waals surface area contributed by atoms with E-state index in [-0.39, 0.29) is 24.8 Å². The molecule has 1 fully saturated rings. The predicted molar refractivity (Wildman–Crippen MR) is 144 cm³/mol. The molecule has 198 valence electrons. The van der Waals surface area contributed by atoms with Crippen LogP contribution in [0.5, 0.6) is 0 Å². The Bertz CT molecular complexity index is 1410. The number of nitrogens with one attached hydrogen (secondary N) is 2. The highest BCUT2D eigenvalue weighted by Crippen LogP contribution is 2.38. The number of H-pyrrole nitrogens is 1. The minimum atomic E-state index is -1.16. The van der Waals surface area contributed by atoms with Crippen molar-refractivity contribution in [2.75, 3.05) is 20.1 Å². The third-order valence-electron chi connectivity index (χ3n) is 7.41. The fourth-order valence-electron chi connectivity index (χ4n) is 5.37. The Morgan fingerprint density at radius 2 is 1.97 bits per heavy atom. The van der Waals surface area contributed by atoms with Crippen molar-refractivity contribution in [1.82, 2.24) is 25.2 Å². The molecule has 2 unspecified atom stereocenters. The number of nitrogens with zero attached hydrogens (tertiary/aromatic N) is 4. The number of carbonyl (C=O) groups is 3. The molecule has 2 aliphatic rings. The summed E-state index contributed by atoms with van der Waals surface area (Å²) in [6.07, 6.45) is 4.64. The monoisotopic (exact) mass is 515 g/mol. The highest BCUT2D eigenvalue weighted by atomic mass is 16.2. The molecule has 1 aromatic carbocycles. The van der Waals surface area contributed by atoms with Crippen molar-refractivity contribution < 1.29 is 14.4 Å². The number of para-hydroxylation sites is 1. The molecule has 3 amide bonds. The topological polar surface area (TPSA) is 137 Å². The smallest absolute Gasteiger partial charge is 0.256 e. The van der Waals surface area contributed by atoms with E-state index in [4.69, 9.17) is 5.73 Å². The van der Waals surface area contributed by atoms with Gasteiger partial charge < -0.3 is 20.9 Å². The number of aromatic nitrogens is 2. The summed E-state index contributed by atoms with van der Waals surface area (Å²) in [6.45, 7) is 3.77. The maximum absolute atomic E-state index is 14.1. The van der Waals surface area contributed by atoms with Gasteiger partial charge in [-0.2, -0.15) is 5.10 Å². The first-order valence-corrected chi connectivity index (χ1v) is 12.8. The minimum Gasteiger partial charge on any atom is -0.361 e. The molecule has 5 rings (SSSR count). The molecule has 4 N–H and O–H groups in total. The number of pyridine rings is 1. The van der Waals surface area contributed by atoms with E-state index in [2.05, 4.69) is 20.4 Å². The first kappa shape index (κ1) is 25.6. The Balaban J connectivity index is 1.45. The van der Waals surface area contributed by atoms with Crippen molar-refractivity contribution in [3.63, 3.8) is 0 Å². The van der Waals surface area contributed by atoms with Crippen LogP contribution in [0, 0.1) is 5.41 Å². The number of aromatic amines is 1. The summed E-state index contributed by atoms with van der Waals surface area (Å²) in [7, 11) is 1.64. The van der Waals surface area contributed by atoms with Crippen LogP contribution < -0.4 is 11.1 Å². The van der Waals surface area contributed by atoms with E-state index in [0.29, 0.717) is 19.4 Å². The Hall–Kier alpha value is -4.05. The van der Waals surface area contributed by atoms with Crippen LogP contribution in [0.4, 0.5) is 0 Å². The van der Waals surface area contributed by atoms with Gasteiger partial charge in [-0.05, 0) is 37.6 Å². The van der Waals surface area contributed by atoms with Gasteiger partial charge in [-0.25, -0.2) is 5.01 Å². The van der Waals surface area contributed by atoms with Crippen LogP contribution in [0.25, 0.3) is 10.9 Å². The second-order valence-electron chi connectivity index (χ2n) is 10.8. The fraction of sp³-hybridized carbons (Fsp3) is 0.393. The van der Waals surface area contributed by atoms with E-state index in [1.165, 1.54) is 5.01 Å². The fourth-order valence-corrected chi connectivity index (χ4v) is 5.37. The average molecular weight is 516 g/mol. The van der Waals surface area contributed by atoms with E-state index in [1.807, 2.05) is 48.7 Å². The van der Waals surface area contributed by atoms with Gasteiger partial charge in [0.25, 0.3) is 5.91 Å². The van der Waals surface area contributed by atoms with Crippen LogP contribution in [-0.2, 0) is 27.2 Å². The van der Waals surface area contributed by atoms with E-state index in [0.717, 1.165) is 27.9 Å². The summed E-state index contributed by atoms with van der Waals surface area (Å²) >= 11 is 0. The molecule has 2 aromatic heterocycles. The number of benzene rings is 1. The van der Waals surface area contributed by atoms with E-state index in [1.54, 1.807) is 32.0 Å². The lowest BCUT2D eigenvalue weighted by Crippen LogP contribution is -2.61. The number of hydrogen-bond donors (Lipinski definition) is 3. The molecular formula is C28H33N7O3.